The molecule has 0 aliphatic carbocycles. The van der Waals surface area contributed by atoms with Crippen molar-refractivity contribution in [1.29, 1.82) is 0 Å². The molecular weight excluding hydrogens is 268 g/mol. The van der Waals surface area contributed by atoms with Crippen molar-refractivity contribution >= 4 is 0 Å². The highest BCUT2D eigenvalue weighted by molar-refractivity contribution is 5.28. The molecule has 1 unspecified atom stereocenters. The molecule has 2 aromatic rings. The second-order valence-electron chi connectivity index (χ2n) is 5.33. The molecule has 0 amide bonds. The summed E-state index contributed by atoms with van der Waals surface area (Å²) in [5, 5.41) is 3.39. The van der Waals surface area contributed by atoms with Crippen molar-refractivity contribution in [2.45, 2.75) is 32.7 Å². The first-order chi connectivity index (χ1) is 10.1. The van der Waals surface area contributed by atoms with Crippen LogP contribution in [0.25, 0.3) is 0 Å². The molecule has 1 nitrogen and oxygen atoms in total. The van der Waals surface area contributed by atoms with Crippen molar-refractivity contribution in [2.75, 3.05) is 6.54 Å². The van der Waals surface area contributed by atoms with Crippen molar-refractivity contribution in [3.8, 4) is 0 Å². The van der Waals surface area contributed by atoms with Gasteiger partial charge in [-0.15, -0.1) is 0 Å². The molecule has 0 saturated carbocycles. The summed E-state index contributed by atoms with van der Waals surface area (Å²) in [5.41, 5.74) is 2.74. The lowest BCUT2D eigenvalue weighted by Gasteiger charge is -2.19. The van der Waals surface area contributed by atoms with E-state index in [0.717, 1.165) is 24.1 Å². The molecule has 0 heterocycles. The van der Waals surface area contributed by atoms with E-state index in [4.69, 9.17) is 0 Å². The van der Waals surface area contributed by atoms with Gasteiger partial charge in [-0.1, -0.05) is 31.2 Å². The molecular formula is C18H21F2N. The lowest BCUT2D eigenvalue weighted by Crippen LogP contribution is -2.33. The topological polar surface area (TPSA) is 12.0 Å². The minimum Gasteiger partial charge on any atom is -0.314 e. The Hall–Kier alpha value is -1.74. The first-order valence-corrected chi connectivity index (χ1v) is 7.32. The van der Waals surface area contributed by atoms with Crippen molar-refractivity contribution in [3.63, 3.8) is 0 Å². The van der Waals surface area contributed by atoms with Crippen LogP contribution in [0.1, 0.15) is 23.6 Å². The largest absolute Gasteiger partial charge is 0.314 e. The van der Waals surface area contributed by atoms with Gasteiger partial charge in [-0.05, 0) is 61.2 Å². The Morgan fingerprint density at radius 3 is 2.38 bits per heavy atom. The van der Waals surface area contributed by atoms with Crippen LogP contribution in [0.2, 0.25) is 0 Å². The fourth-order valence-corrected chi connectivity index (χ4v) is 2.59. The Morgan fingerprint density at radius 1 is 1.00 bits per heavy atom. The molecule has 0 aliphatic heterocycles. The SMILES string of the molecule is CCNC(Cc1ccc(F)cc1C)Cc1ccccc1F. The smallest absolute Gasteiger partial charge is 0.126 e. The van der Waals surface area contributed by atoms with Crippen LogP contribution in [0.5, 0.6) is 0 Å². The third-order valence-electron chi connectivity index (χ3n) is 3.69. The van der Waals surface area contributed by atoms with Crippen LogP contribution in [-0.4, -0.2) is 12.6 Å². The van der Waals surface area contributed by atoms with E-state index in [1.165, 1.54) is 12.1 Å². The zero-order valence-corrected chi connectivity index (χ0v) is 12.5. The highest BCUT2D eigenvalue weighted by atomic mass is 19.1. The number of nitrogens with one attached hydrogen (secondary N) is 1. The van der Waals surface area contributed by atoms with E-state index < -0.39 is 0 Å². The zero-order chi connectivity index (χ0) is 15.2. The molecule has 2 aromatic carbocycles. The van der Waals surface area contributed by atoms with Crippen LogP contribution in [0.3, 0.4) is 0 Å². The first-order valence-electron chi connectivity index (χ1n) is 7.32. The van der Waals surface area contributed by atoms with Gasteiger partial charge in [0.15, 0.2) is 0 Å². The molecule has 0 spiro atoms. The van der Waals surface area contributed by atoms with Gasteiger partial charge < -0.3 is 5.32 Å². The Kier molecular flexibility index (Phi) is 5.45. The van der Waals surface area contributed by atoms with Gasteiger partial charge in [-0.3, -0.25) is 0 Å². The van der Waals surface area contributed by atoms with Crippen LogP contribution in [0, 0.1) is 18.6 Å². The van der Waals surface area contributed by atoms with Crippen molar-refractivity contribution in [2.24, 2.45) is 0 Å². The van der Waals surface area contributed by atoms with E-state index in [1.807, 2.05) is 32.0 Å². The minimum atomic E-state index is -0.217. The van der Waals surface area contributed by atoms with Crippen LogP contribution in [0.15, 0.2) is 42.5 Å². The van der Waals surface area contributed by atoms with Gasteiger partial charge in [0, 0.05) is 6.04 Å². The molecule has 0 fully saturated rings. The van der Waals surface area contributed by atoms with Crippen LogP contribution in [0.4, 0.5) is 8.78 Å². The molecule has 0 bridgehead atoms. The fraction of sp³-hybridized carbons (Fsp3) is 0.333. The maximum Gasteiger partial charge on any atom is 0.126 e. The monoisotopic (exact) mass is 289 g/mol. The van der Waals surface area contributed by atoms with Crippen LogP contribution < -0.4 is 5.32 Å². The molecule has 2 rings (SSSR count). The Bertz CT molecular complexity index is 596. The van der Waals surface area contributed by atoms with Crippen molar-refractivity contribution < 1.29 is 8.78 Å². The van der Waals surface area contributed by atoms with E-state index in [-0.39, 0.29) is 17.7 Å². The summed E-state index contributed by atoms with van der Waals surface area (Å²) in [5.74, 6) is -0.387. The normalized spacial score (nSPS) is 12.4. The maximum atomic E-state index is 13.8. The standard InChI is InChI=1S/C18H21F2N/c1-3-21-17(12-15-6-4-5-7-18(15)20)11-14-8-9-16(19)10-13(14)2/h4-10,17,21H,3,11-12H2,1-2H3. The third-order valence-corrected chi connectivity index (χ3v) is 3.69. The predicted octanol–water partition coefficient (Wildman–Crippen LogP) is 4.04. The number of benzene rings is 2. The molecule has 21 heavy (non-hydrogen) atoms. The molecule has 3 heteroatoms. The van der Waals surface area contributed by atoms with Gasteiger partial charge in [0.2, 0.25) is 0 Å². The summed E-state index contributed by atoms with van der Waals surface area (Å²) >= 11 is 0. The summed E-state index contributed by atoms with van der Waals surface area (Å²) in [6.07, 6.45) is 1.38. The van der Waals surface area contributed by atoms with Gasteiger partial charge >= 0.3 is 0 Å². The second-order valence-corrected chi connectivity index (χ2v) is 5.33. The fourth-order valence-electron chi connectivity index (χ4n) is 2.59. The number of likely N-dealkylation sites (N-methyl/N-ethyl adjacent to an activating group) is 1. The summed E-state index contributed by atoms with van der Waals surface area (Å²) in [6, 6.07) is 11.8. The number of rotatable bonds is 6. The van der Waals surface area contributed by atoms with Gasteiger partial charge in [-0.2, -0.15) is 0 Å². The van der Waals surface area contributed by atoms with Gasteiger partial charge in [0.1, 0.15) is 11.6 Å². The summed E-state index contributed by atoms with van der Waals surface area (Å²) < 4.78 is 27.0. The van der Waals surface area contributed by atoms with Gasteiger partial charge in [0.25, 0.3) is 0 Å². The average Bonchev–Trinajstić information content (AvgIpc) is 2.44. The highest BCUT2D eigenvalue weighted by Crippen LogP contribution is 2.16. The van der Waals surface area contributed by atoms with E-state index in [2.05, 4.69) is 5.32 Å². The average molecular weight is 289 g/mol. The Morgan fingerprint density at radius 2 is 1.71 bits per heavy atom. The lowest BCUT2D eigenvalue weighted by molar-refractivity contribution is 0.504. The first kappa shape index (κ1) is 15.6. The number of halogens is 2. The maximum absolute atomic E-state index is 13.8. The molecule has 0 aliphatic rings. The third kappa shape index (κ3) is 4.36. The molecule has 112 valence electrons. The van der Waals surface area contributed by atoms with E-state index in [9.17, 15) is 8.78 Å². The summed E-state index contributed by atoms with van der Waals surface area (Å²) in [4.78, 5) is 0. The van der Waals surface area contributed by atoms with Crippen LogP contribution >= 0.6 is 0 Å². The molecule has 1 N–H and O–H groups in total. The molecule has 0 aromatic heterocycles. The molecule has 1 atom stereocenters. The van der Waals surface area contributed by atoms with E-state index in [1.54, 1.807) is 12.1 Å². The van der Waals surface area contributed by atoms with E-state index >= 15 is 0 Å². The Labute approximate surface area is 125 Å². The number of hydrogen-bond acceptors (Lipinski definition) is 1. The molecule has 0 saturated heterocycles. The van der Waals surface area contributed by atoms with Gasteiger partial charge in [-0.25, -0.2) is 8.78 Å². The Balaban J connectivity index is 2.14. The van der Waals surface area contributed by atoms with E-state index in [0.29, 0.717) is 12.0 Å². The highest BCUT2D eigenvalue weighted by Gasteiger charge is 2.13. The number of hydrogen-bond donors (Lipinski definition) is 1. The van der Waals surface area contributed by atoms with Crippen molar-refractivity contribution in [3.05, 3.63) is 70.8 Å². The van der Waals surface area contributed by atoms with Crippen molar-refractivity contribution in [1.82, 2.24) is 5.32 Å². The quantitative estimate of drug-likeness (QED) is 0.846. The lowest BCUT2D eigenvalue weighted by atomic mass is 9.96. The number of aryl methyl sites for hydroxylation is 1. The summed E-state index contributed by atoms with van der Waals surface area (Å²) in [6.45, 7) is 4.76. The zero-order valence-electron chi connectivity index (χ0n) is 12.5. The van der Waals surface area contributed by atoms with Crippen LogP contribution in [-0.2, 0) is 12.8 Å². The predicted molar refractivity (Wildman–Crippen MR) is 82.4 cm³/mol. The minimum absolute atomic E-state index is 0.135. The molecule has 0 radical (unpaired) electrons. The van der Waals surface area contributed by atoms with Gasteiger partial charge in [0.05, 0.1) is 0 Å². The summed E-state index contributed by atoms with van der Waals surface area (Å²) in [7, 11) is 0. The second kappa shape index (κ2) is 7.32.